The highest BCUT2D eigenvalue weighted by Crippen LogP contribution is 2.55. The molecule has 0 aliphatic heterocycles. The van der Waals surface area contributed by atoms with Crippen LogP contribution < -0.4 is 10.6 Å². The van der Waals surface area contributed by atoms with Crippen LogP contribution in [0.2, 0.25) is 0 Å². The number of rotatable bonds is 5. The van der Waals surface area contributed by atoms with Gasteiger partial charge in [0, 0.05) is 36.8 Å². The van der Waals surface area contributed by atoms with Crippen LogP contribution in [0.4, 0.5) is 18.9 Å². The predicted octanol–water partition coefficient (Wildman–Crippen LogP) is 2.80. The zero-order chi connectivity index (χ0) is 32.6. The highest BCUT2D eigenvalue weighted by molar-refractivity contribution is 6.24. The Morgan fingerprint density at radius 3 is 2.20 bits per heavy atom. The highest BCUT2D eigenvalue weighted by Gasteiger charge is 2.64. The summed E-state index contributed by atoms with van der Waals surface area (Å²) < 4.78 is 38.6. The average molecular weight is 616 g/mol. The summed E-state index contributed by atoms with van der Waals surface area (Å²) in [6, 6.07) is 5.81. The molecular formula is C31H32F3N3O7. The van der Waals surface area contributed by atoms with Crippen molar-refractivity contribution in [3.8, 4) is 16.9 Å². The van der Waals surface area contributed by atoms with Gasteiger partial charge in [0.1, 0.15) is 22.8 Å². The lowest BCUT2D eigenvalue weighted by molar-refractivity contribution is -0.153. The smallest absolute Gasteiger partial charge is 0.393 e. The molecule has 3 aliphatic rings. The number of phenolic OH excluding ortho intramolecular Hbond substituents is 1. The Kier molecular flexibility index (Phi) is 7.33. The Hall–Kier alpha value is -4.36. The molecule has 10 nitrogen and oxygen atoms in total. The molecule has 6 N–H and O–H groups in total. The number of ketones is 2. The maximum atomic E-state index is 14.1. The van der Waals surface area contributed by atoms with E-state index >= 15 is 0 Å². The molecule has 2 aromatic rings. The van der Waals surface area contributed by atoms with Crippen LogP contribution in [0.25, 0.3) is 16.9 Å². The fraction of sp³-hybridized carbons (Fsp3) is 0.387. The minimum atomic E-state index is -4.41. The van der Waals surface area contributed by atoms with Crippen LogP contribution in [0.5, 0.6) is 5.75 Å². The number of aromatic hydroxyl groups is 1. The number of amides is 1. The number of likely N-dealkylation sites (N-methyl/N-ethyl adjacent to an activating group) is 1. The van der Waals surface area contributed by atoms with Gasteiger partial charge in [-0.3, -0.25) is 19.3 Å². The standard InChI is InChI=1S/C31H32F3N3O7/c1-36(2)19-11-16(14-7-5-13(6-8-14)12-30(32,33)34)24(38)21-17(19)9-15-10-18-23(37(3)4)26(40)22(29(35)43)28(42)31(18,44)27(41)20(15)25(21)39/h5-8,11,15,18,23,38-39,42,44H,9-10,12H2,1-4H3,(H2,35,43)/t15-,18-,23-,31-/m0/s1. The molecule has 13 heteroatoms. The number of phenols is 1. The highest BCUT2D eigenvalue weighted by atomic mass is 19.4. The van der Waals surface area contributed by atoms with Crippen LogP contribution in [-0.2, 0) is 27.2 Å². The summed E-state index contributed by atoms with van der Waals surface area (Å²) in [6.45, 7) is 0. The first-order valence-corrected chi connectivity index (χ1v) is 13.8. The van der Waals surface area contributed by atoms with Gasteiger partial charge in [0.05, 0.1) is 18.0 Å². The first kappa shape index (κ1) is 31.1. The Morgan fingerprint density at radius 2 is 1.68 bits per heavy atom. The molecule has 1 amide bonds. The van der Waals surface area contributed by atoms with Gasteiger partial charge < -0.3 is 31.1 Å². The fourth-order valence-corrected chi connectivity index (χ4v) is 6.94. The number of nitrogens with zero attached hydrogens (tertiary/aromatic N) is 2. The zero-order valence-electron chi connectivity index (χ0n) is 24.4. The summed E-state index contributed by atoms with van der Waals surface area (Å²) in [6.07, 6.45) is -5.49. The van der Waals surface area contributed by atoms with Crippen LogP contribution in [0.15, 0.2) is 47.2 Å². The van der Waals surface area contributed by atoms with Crippen molar-refractivity contribution >= 4 is 28.9 Å². The van der Waals surface area contributed by atoms with E-state index in [0.717, 1.165) is 0 Å². The van der Waals surface area contributed by atoms with Crippen molar-refractivity contribution in [2.75, 3.05) is 33.1 Å². The van der Waals surface area contributed by atoms with Crippen molar-refractivity contribution < 1.29 is 48.0 Å². The molecule has 1 fully saturated rings. The number of alkyl halides is 3. The number of Topliss-reactive ketones (excluding diaryl/α,β-unsaturated/α-hetero) is 2. The summed E-state index contributed by atoms with van der Waals surface area (Å²) in [5.74, 6) is -7.53. The van der Waals surface area contributed by atoms with Crippen molar-refractivity contribution in [2.24, 2.45) is 17.6 Å². The molecule has 4 atom stereocenters. The van der Waals surface area contributed by atoms with E-state index in [1.54, 1.807) is 25.1 Å². The molecule has 0 aromatic heterocycles. The molecule has 234 valence electrons. The minimum Gasteiger partial charge on any atom is -0.508 e. The number of hydrogen-bond donors (Lipinski definition) is 5. The summed E-state index contributed by atoms with van der Waals surface area (Å²) >= 11 is 0. The molecule has 1 saturated carbocycles. The minimum absolute atomic E-state index is 0.0140. The summed E-state index contributed by atoms with van der Waals surface area (Å²) in [5, 5.41) is 45.9. The lowest BCUT2D eigenvalue weighted by atomic mass is 9.57. The molecule has 0 bridgehead atoms. The summed E-state index contributed by atoms with van der Waals surface area (Å²) in [7, 11) is 6.49. The zero-order valence-corrected chi connectivity index (χ0v) is 24.4. The normalized spacial score (nSPS) is 25.2. The van der Waals surface area contributed by atoms with Crippen molar-refractivity contribution in [3.05, 3.63) is 63.9 Å². The van der Waals surface area contributed by atoms with E-state index in [1.165, 1.54) is 43.3 Å². The van der Waals surface area contributed by atoms with Crippen LogP contribution >= 0.6 is 0 Å². The van der Waals surface area contributed by atoms with Crippen molar-refractivity contribution in [1.29, 1.82) is 0 Å². The van der Waals surface area contributed by atoms with E-state index in [2.05, 4.69) is 0 Å². The van der Waals surface area contributed by atoms with E-state index in [9.17, 15) is 48.0 Å². The molecule has 0 saturated heterocycles. The number of carbonyl (C=O) groups is 3. The number of nitrogens with two attached hydrogens (primary N) is 1. The average Bonchev–Trinajstić information content (AvgIpc) is 2.90. The first-order valence-electron chi connectivity index (χ1n) is 13.8. The van der Waals surface area contributed by atoms with Crippen LogP contribution in [0.3, 0.4) is 0 Å². The van der Waals surface area contributed by atoms with Gasteiger partial charge in [0.15, 0.2) is 11.4 Å². The van der Waals surface area contributed by atoms with Gasteiger partial charge >= 0.3 is 6.18 Å². The predicted molar refractivity (Wildman–Crippen MR) is 154 cm³/mol. The van der Waals surface area contributed by atoms with Crippen molar-refractivity contribution in [3.63, 3.8) is 0 Å². The van der Waals surface area contributed by atoms with Gasteiger partial charge in [-0.1, -0.05) is 24.3 Å². The maximum absolute atomic E-state index is 14.1. The monoisotopic (exact) mass is 615 g/mol. The molecule has 5 rings (SSSR count). The van der Waals surface area contributed by atoms with Crippen LogP contribution in [0, 0.1) is 11.8 Å². The second-order valence-corrected chi connectivity index (χ2v) is 12.0. The van der Waals surface area contributed by atoms with Gasteiger partial charge in [-0.25, -0.2) is 0 Å². The third-order valence-electron chi connectivity index (χ3n) is 8.85. The van der Waals surface area contributed by atoms with Crippen molar-refractivity contribution in [2.45, 2.75) is 37.1 Å². The first-order chi connectivity index (χ1) is 20.4. The van der Waals surface area contributed by atoms with E-state index in [1.807, 2.05) is 0 Å². The van der Waals surface area contributed by atoms with Gasteiger partial charge in [-0.05, 0) is 55.6 Å². The number of fused-ring (bicyclic) bond motifs is 3. The molecule has 0 unspecified atom stereocenters. The second kappa shape index (κ2) is 10.4. The third kappa shape index (κ3) is 4.61. The largest absolute Gasteiger partial charge is 0.508 e. The summed E-state index contributed by atoms with van der Waals surface area (Å²) in [5.41, 5.74) is 2.84. The molecule has 2 aromatic carbocycles. The van der Waals surface area contributed by atoms with E-state index in [-0.39, 0.29) is 35.1 Å². The number of halogens is 3. The lowest BCUT2D eigenvalue weighted by Gasteiger charge is -2.50. The van der Waals surface area contributed by atoms with Gasteiger partial charge in [0.2, 0.25) is 5.78 Å². The lowest BCUT2D eigenvalue weighted by Crippen LogP contribution is -2.65. The SMILES string of the molecule is CN(C)c1cc(-c2ccc(CC(F)(F)F)cc2)c(O)c2c1C[C@H]1C[C@H]3[C@H](N(C)C)C(=O)C(C(N)=O)=C(O)[C@@]3(O)C(=O)C1=C2O. The van der Waals surface area contributed by atoms with Crippen LogP contribution in [0.1, 0.15) is 23.1 Å². The Bertz CT molecular complexity index is 1660. The number of benzene rings is 2. The Morgan fingerprint density at radius 1 is 1.07 bits per heavy atom. The van der Waals surface area contributed by atoms with E-state index in [0.29, 0.717) is 16.8 Å². The number of aliphatic hydroxyl groups is 3. The third-order valence-corrected chi connectivity index (χ3v) is 8.85. The van der Waals surface area contributed by atoms with E-state index in [4.69, 9.17) is 5.73 Å². The Labute approximate surface area is 250 Å². The maximum Gasteiger partial charge on any atom is 0.393 e. The topological polar surface area (TPSA) is 165 Å². The number of carbonyl (C=O) groups excluding carboxylic acids is 3. The van der Waals surface area contributed by atoms with Gasteiger partial charge in [-0.2, -0.15) is 13.2 Å². The molecule has 3 aliphatic carbocycles. The van der Waals surface area contributed by atoms with Gasteiger partial charge in [-0.15, -0.1) is 0 Å². The van der Waals surface area contributed by atoms with Gasteiger partial charge in [0.25, 0.3) is 5.91 Å². The van der Waals surface area contributed by atoms with Crippen molar-refractivity contribution in [1.82, 2.24) is 4.90 Å². The summed E-state index contributed by atoms with van der Waals surface area (Å²) in [4.78, 5) is 42.7. The number of primary amides is 1. The molecule has 0 heterocycles. The molecule has 0 radical (unpaired) electrons. The molecule has 44 heavy (non-hydrogen) atoms. The quantitative estimate of drug-likeness (QED) is 0.318. The number of anilines is 1. The van der Waals surface area contributed by atoms with E-state index < -0.39 is 76.4 Å². The fourth-order valence-electron chi connectivity index (χ4n) is 6.94. The Balaban J connectivity index is 1.71. The van der Waals surface area contributed by atoms with Crippen LogP contribution in [-0.4, -0.2) is 88.8 Å². The second-order valence-electron chi connectivity index (χ2n) is 12.0. The molecule has 0 spiro atoms. The molecular weight excluding hydrogens is 583 g/mol. The number of hydrogen-bond acceptors (Lipinski definition) is 9. The number of aliphatic hydroxyl groups excluding tert-OH is 2.